The number of carbonyl (C=O) groups excluding carboxylic acids is 1. The first-order valence-corrected chi connectivity index (χ1v) is 6.68. The largest absolute Gasteiger partial charge is 0.367 e. The van der Waals surface area contributed by atoms with Crippen LogP contribution in [-0.4, -0.2) is 17.4 Å². The molecule has 0 atom stereocenters. The minimum Gasteiger partial charge on any atom is -0.367 e. The zero-order valence-electron chi connectivity index (χ0n) is 11.3. The fourth-order valence-corrected chi connectivity index (χ4v) is 2.09. The number of benzene rings is 1. The van der Waals surface area contributed by atoms with Gasteiger partial charge in [-0.05, 0) is 42.5 Å². The van der Waals surface area contributed by atoms with Crippen molar-refractivity contribution in [2.75, 3.05) is 6.54 Å². The third kappa shape index (κ3) is 4.28. The molecular weight excluding hydrogens is 236 g/mol. The molecule has 0 aliphatic carbocycles. The predicted octanol–water partition coefficient (Wildman–Crippen LogP) is 2.61. The van der Waals surface area contributed by atoms with Crippen LogP contribution in [0.5, 0.6) is 0 Å². The van der Waals surface area contributed by atoms with Gasteiger partial charge in [0, 0.05) is 25.4 Å². The molecule has 0 bridgehead atoms. The van der Waals surface area contributed by atoms with Crippen molar-refractivity contribution in [3.63, 3.8) is 0 Å². The maximum absolute atomic E-state index is 11.7. The van der Waals surface area contributed by atoms with Crippen LogP contribution in [0.2, 0.25) is 0 Å². The second kappa shape index (κ2) is 6.78. The molecule has 1 amide bonds. The molecule has 0 saturated carbocycles. The molecule has 2 N–H and O–H groups in total. The first-order valence-electron chi connectivity index (χ1n) is 6.68. The summed E-state index contributed by atoms with van der Waals surface area (Å²) >= 11 is 0. The number of aryl methyl sites for hydroxylation is 2. The van der Waals surface area contributed by atoms with E-state index in [9.17, 15) is 4.79 Å². The van der Waals surface area contributed by atoms with Gasteiger partial charge in [-0.3, -0.25) is 4.79 Å². The van der Waals surface area contributed by atoms with E-state index < -0.39 is 0 Å². The summed E-state index contributed by atoms with van der Waals surface area (Å²) in [6.45, 7) is 2.78. The van der Waals surface area contributed by atoms with Crippen molar-refractivity contribution in [1.82, 2.24) is 10.3 Å². The first kappa shape index (κ1) is 13.4. The highest BCUT2D eigenvalue weighted by Crippen LogP contribution is 2.09. The van der Waals surface area contributed by atoms with Gasteiger partial charge in [-0.25, -0.2) is 0 Å². The third-order valence-corrected chi connectivity index (χ3v) is 3.28. The molecule has 2 aromatic rings. The molecule has 1 heterocycles. The Bertz CT molecular complexity index is 517. The van der Waals surface area contributed by atoms with E-state index in [1.54, 1.807) is 0 Å². The van der Waals surface area contributed by atoms with Crippen LogP contribution in [0.4, 0.5) is 0 Å². The summed E-state index contributed by atoms with van der Waals surface area (Å²) in [4.78, 5) is 14.7. The van der Waals surface area contributed by atoms with Crippen molar-refractivity contribution in [3.05, 3.63) is 59.4 Å². The van der Waals surface area contributed by atoms with Crippen LogP contribution < -0.4 is 5.32 Å². The lowest BCUT2D eigenvalue weighted by molar-refractivity contribution is -0.121. The Kier molecular flexibility index (Phi) is 4.78. The Hall–Kier alpha value is -2.03. The number of H-pyrrole nitrogens is 1. The van der Waals surface area contributed by atoms with Gasteiger partial charge >= 0.3 is 0 Å². The summed E-state index contributed by atoms with van der Waals surface area (Å²) in [6, 6.07) is 10.2. The number of nitrogens with one attached hydrogen (secondary N) is 2. The van der Waals surface area contributed by atoms with Gasteiger partial charge in [0.05, 0.1) is 0 Å². The van der Waals surface area contributed by atoms with Gasteiger partial charge in [-0.2, -0.15) is 0 Å². The molecule has 0 fully saturated rings. The highest BCUT2D eigenvalue weighted by atomic mass is 16.1. The van der Waals surface area contributed by atoms with Crippen LogP contribution in [0.25, 0.3) is 0 Å². The maximum atomic E-state index is 11.7. The fraction of sp³-hybridized carbons (Fsp3) is 0.312. The lowest BCUT2D eigenvalue weighted by atomic mass is 10.0. The van der Waals surface area contributed by atoms with Crippen LogP contribution in [0.1, 0.15) is 23.1 Å². The SMILES string of the molecule is Cc1ccccc1CCC(=O)NCCc1cc[nH]c1. The van der Waals surface area contributed by atoms with E-state index in [1.165, 1.54) is 16.7 Å². The topological polar surface area (TPSA) is 44.9 Å². The lowest BCUT2D eigenvalue weighted by Crippen LogP contribution is -2.25. The molecule has 1 aromatic carbocycles. The molecule has 19 heavy (non-hydrogen) atoms. The number of hydrogen-bond acceptors (Lipinski definition) is 1. The minimum atomic E-state index is 0.124. The monoisotopic (exact) mass is 256 g/mol. The zero-order valence-corrected chi connectivity index (χ0v) is 11.3. The zero-order chi connectivity index (χ0) is 13.5. The molecule has 3 nitrogen and oxygen atoms in total. The molecule has 3 heteroatoms. The Morgan fingerprint density at radius 2 is 2.05 bits per heavy atom. The molecule has 0 aliphatic rings. The van der Waals surface area contributed by atoms with Crippen LogP contribution >= 0.6 is 0 Å². The van der Waals surface area contributed by atoms with E-state index in [0.29, 0.717) is 13.0 Å². The summed E-state index contributed by atoms with van der Waals surface area (Å²) in [5.74, 6) is 0.124. The smallest absolute Gasteiger partial charge is 0.220 e. The highest BCUT2D eigenvalue weighted by molar-refractivity contribution is 5.76. The molecule has 0 radical (unpaired) electrons. The summed E-state index contributed by atoms with van der Waals surface area (Å²) in [5, 5.41) is 2.96. The molecule has 2 rings (SSSR count). The van der Waals surface area contributed by atoms with E-state index in [-0.39, 0.29) is 5.91 Å². The van der Waals surface area contributed by atoms with Gasteiger partial charge in [0.1, 0.15) is 0 Å². The van der Waals surface area contributed by atoms with E-state index in [0.717, 1.165) is 12.8 Å². The summed E-state index contributed by atoms with van der Waals surface area (Å²) < 4.78 is 0. The van der Waals surface area contributed by atoms with Gasteiger partial charge in [0.2, 0.25) is 5.91 Å². The van der Waals surface area contributed by atoms with Crippen LogP contribution in [0.15, 0.2) is 42.7 Å². The normalized spacial score (nSPS) is 10.4. The number of hydrogen-bond donors (Lipinski definition) is 2. The van der Waals surface area contributed by atoms with Gasteiger partial charge < -0.3 is 10.3 Å². The number of aromatic amines is 1. The second-order valence-corrected chi connectivity index (χ2v) is 4.75. The summed E-state index contributed by atoms with van der Waals surface area (Å²) in [7, 11) is 0. The first-order chi connectivity index (χ1) is 9.25. The maximum Gasteiger partial charge on any atom is 0.220 e. The van der Waals surface area contributed by atoms with Crippen molar-refractivity contribution >= 4 is 5.91 Å². The highest BCUT2D eigenvalue weighted by Gasteiger charge is 2.03. The molecule has 0 spiro atoms. The fourth-order valence-electron chi connectivity index (χ4n) is 2.09. The van der Waals surface area contributed by atoms with Crippen molar-refractivity contribution in [1.29, 1.82) is 0 Å². The van der Waals surface area contributed by atoms with Gasteiger partial charge in [0.25, 0.3) is 0 Å². The summed E-state index contributed by atoms with van der Waals surface area (Å²) in [5.41, 5.74) is 3.73. The number of aromatic nitrogens is 1. The lowest BCUT2D eigenvalue weighted by Gasteiger charge is -2.06. The van der Waals surface area contributed by atoms with Gasteiger partial charge in [0.15, 0.2) is 0 Å². The van der Waals surface area contributed by atoms with Crippen molar-refractivity contribution in [2.45, 2.75) is 26.2 Å². The molecule has 100 valence electrons. The van der Waals surface area contributed by atoms with E-state index in [4.69, 9.17) is 0 Å². The van der Waals surface area contributed by atoms with Crippen molar-refractivity contribution in [2.24, 2.45) is 0 Å². The average Bonchev–Trinajstić information content (AvgIpc) is 2.91. The van der Waals surface area contributed by atoms with Crippen LogP contribution in [-0.2, 0) is 17.6 Å². The van der Waals surface area contributed by atoms with Crippen molar-refractivity contribution in [3.8, 4) is 0 Å². The quantitative estimate of drug-likeness (QED) is 0.820. The Labute approximate surface area is 114 Å². The second-order valence-electron chi connectivity index (χ2n) is 4.75. The van der Waals surface area contributed by atoms with Gasteiger partial charge in [-0.1, -0.05) is 24.3 Å². The predicted molar refractivity (Wildman–Crippen MR) is 77.0 cm³/mol. The molecular formula is C16H20N2O. The molecule has 0 saturated heterocycles. The summed E-state index contributed by atoms with van der Waals surface area (Å²) in [6.07, 6.45) is 6.09. The third-order valence-electron chi connectivity index (χ3n) is 3.28. The Morgan fingerprint density at radius 3 is 2.79 bits per heavy atom. The Balaban J connectivity index is 1.69. The number of amides is 1. The Morgan fingerprint density at radius 1 is 1.21 bits per heavy atom. The van der Waals surface area contributed by atoms with E-state index >= 15 is 0 Å². The molecule has 0 aliphatic heterocycles. The van der Waals surface area contributed by atoms with Crippen LogP contribution in [0.3, 0.4) is 0 Å². The number of carbonyl (C=O) groups is 1. The van der Waals surface area contributed by atoms with E-state index in [1.807, 2.05) is 30.6 Å². The van der Waals surface area contributed by atoms with Crippen molar-refractivity contribution < 1.29 is 4.79 Å². The standard InChI is InChI=1S/C16H20N2O/c1-13-4-2-3-5-15(13)6-7-16(19)18-11-9-14-8-10-17-12-14/h2-5,8,10,12,17H,6-7,9,11H2,1H3,(H,18,19). The van der Waals surface area contributed by atoms with Gasteiger partial charge in [-0.15, -0.1) is 0 Å². The van der Waals surface area contributed by atoms with E-state index in [2.05, 4.69) is 29.4 Å². The minimum absolute atomic E-state index is 0.124. The molecule has 0 unspecified atom stereocenters. The molecule has 1 aromatic heterocycles. The average molecular weight is 256 g/mol. The number of rotatable bonds is 6. The van der Waals surface area contributed by atoms with Crippen LogP contribution in [0, 0.1) is 6.92 Å².